The summed E-state index contributed by atoms with van der Waals surface area (Å²) >= 11 is 0. The van der Waals surface area contributed by atoms with Crippen molar-refractivity contribution in [3.63, 3.8) is 0 Å². The summed E-state index contributed by atoms with van der Waals surface area (Å²) in [5.41, 5.74) is 0.620. The van der Waals surface area contributed by atoms with Crippen LogP contribution in [0.5, 0.6) is 17.2 Å². The Balaban J connectivity index is 1.63. The molecule has 1 amide bonds. The molecule has 3 rings (SSSR count). The molecule has 5 nitrogen and oxygen atoms in total. The Kier molecular flexibility index (Phi) is 5.79. The highest BCUT2D eigenvalue weighted by atomic mass is 16.6. The fraction of sp³-hybridized carbons (Fsp3) is 0.286. The molecule has 1 atom stereocenters. The highest BCUT2D eigenvalue weighted by molar-refractivity contribution is 5.94. The van der Waals surface area contributed by atoms with Crippen molar-refractivity contribution in [1.29, 1.82) is 0 Å². The Morgan fingerprint density at radius 1 is 1.23 bits per heavy atom. The number of benzene rings is 2. The molecular formula is C21H23NO4. The predicted molar refractivity (Wildman–Crippen MR) is 100 cm³/mol. The molecule has 2 aromatic rings. The quantitative estimate of drug-likeness (QED) is 0.714. The molecule has 0 saturated heterocycles. The van der Waals surface area contributed by atoms with E-state index in [9.17, 15) is 4.79 Å². The maximum atomic E-state index is 12.8. The fourth-order valence-electron chi connectivity index (χ4n) is 2.79. The number of hydrogen-bond acceptors (Lipinski definition) is 4. The predicted octanol–water partition coefficient (Wildman–Crippen LogP) is 3.55. The standard InChI is InChI=1S/C21H23NO4/c1-3-13-24-17-11-9-16(10-12-17)21(23)22(4-2)14-18-15-25-19-7-5-6-8-20(19)26-18/h3,5-12,18H,1,4,13-15H2,2H3. The summed E-state index contributed by atoms with van der Waals surface area (Å²) in [5.74, 6) is 2.14. The van der Waals surface area contributed by atoms with Crippen LogP contribution in [0.3, 0.4) is 0 Å². The normalized spacial score (nSPS) is 15.2. The second kappa shape index (κ2) is 8.43. The minimum atomic E-state index is -0.191. The van der Waals surface area contributed by atoms with Crippen molar-refractivity contribution in [2.45, 2.75) is 13.0 Å². The van der Waals surface area contributed by atoms with Crippen molar-refractivity contribution in [2.75, 3.05) is 26.3 Å². The van der Waals surface area contributed by atoms with Crippen LogP contribution in [0.4, 0.5) is 0 Å². The number of fused-ring (bicyclic) bond motifs is 1. The third-order valence-electron chi connectivity index (χ3n) is 4.13. The number of carbonyl (C=O) groups is 1. The molecule has 0 bridgehead atoms. The molecule has 26 heavy (non-hydrogen) atoms. The Morgan fingerprint density at radius 3 is 2.65 bits per heavy atom. The number of nitrogens with zero attached hydrogens (tertiary/aromatic N) is 1. The van der Waals surface area contributed by atoms with E-state index in [0.29, 0.717) is 37.6 Å². The summed E-state index contributed by atoms with van der Waals surface area (Å²) in [5, 5.41) is 0. The lowest BCUT2D eigenvalue weighted by Crippen LogP contribution is -2.43. The first-order chi connectivity index (χ1) is 12.7. The zero-order valence-corrected chi connectivity index (χ0v) is 14.9. The largest absolute Gasteiger partial charge is 0.490 e. The van der Waals surface area contributed by atoms with Gasteiger partial charge in [0.2, 0.25) is 0 Å². The van der Waals surface area contributed by atoms with Crippen LogP contribution < -0.4 is 14.2 Å². The van der Waals surface area contributed by atoms with Crippen molar-refractivity contribution >= 4 is 5.91 Å². The first-order valence-electron chi connectivity index (χ1n) is 8.72. The van der Waals surface area contributed by atoms with Crippen LogP contribution in [-0.2, 0) is 0 Å². The van der Waals surface area contributed by atoms with E-state index in [1.807, 2.05) is 31.2 Å². The third-order valence-corrected chi connectivity index (χ3v) is 4.13. The molecule has 1 heterocycles. The van der Waals surface area contributed by atoms with Gasteiger partial charge in [0.25, 0.3) is 5.91 Å². The SMILES string of the molecule is C=CCOc1ccc(C(=O)N(CC)CC2COc3ccccc3O2)cc1. The Morgan fingerprint density at radius 2 is 1.96 bits per heavy atom. The number of carbonyl (C=O) groups excluding carboxylic acids is 1. The average Bonchev–Trinajstić information content (AvgIpc) is 2.70. The van der Waals surface area contributed by atoms with Crippen LogP contribution in [0.2, 0.25) is 0 Å². The van der Waals surface area contributed by atoms with Crippen LogP contribution in [0, 0.1) is 0 Å². The number of hydrogen-bond donors (Lipinski definition) is 0. The number of rotatable bonds is 7. The molecule has 0 saturated carbocycles. The molecule has 2 aromatic carbocycles. The van der Waals surface area contributed by atoms with Crippen molar-refractivity contribution < 1.29 is 19.0 Å². The maximum absolute atomic E-state index is 12.8. The van der Waals surface area contributed by atoms with E-state index in [4.69, 9.17) is 14.2 Å². The van der Waals surface area contributed by atoms with Gasteiger partial charge in [-0.1, -0.05) is 24.8 Å². The van der Waals surface area contributed by atoms with Gasteiger partial charge in [0.15, 0.2) is 17.6 Å². The second-order valence-electron chi connectivity index (χ2n) is 5.97. The number of ether oxygens (including phenoxy) is 3. The summed E-state index contributed by atoms with van der Waals surface area (Å²) in [6.45, 7) is 7.50. The van der Waals surface area contributed by atoms with Crippen molar-refractivity contribution in [1.82, 2.24) is 4.90 Å². The molecule has 1 aliphatic heterocycles. The van der Waals surface area contributed by atoms with Gasteiger partial charge >= 0.3 is 0 Å². The molecule has 0 fully saturated rings. The van der Waals surface area contributed by atoms with Gasteiger partial charge in [-0.05, 0) is 43.3 Å². The summed E-state index contributed by atoms with van der Waals surface area (Å²) in [6, 6.07) is 14.7. The van der Waals surface area contributed by atoms with Gasteiger partial charge in [0.05, 0.1) is 6.54 Å². The van der Waals surface area contributed by atoms with E-state index in [2.05, 4.69) is 6.58 Å². The molecule has 136 valence electrons. The lowest BCUT2D eigenvalue weighted by Gasteiger charge is -2.31. The van der Waals surface area contributed by atoms with Gasteiger partial charge in [0, 0.05) is 12.1 Å². The number of para-hydroxylation sites is 2. The number of amides is 1. The average molecular weight is 353 g/mol. The first-order valence-corrected chi connectivity index (χ1v) is 8.72. The molecular weight excluding hydrogens is 330 g/mol. The van der Waals surface area contributed by atoms with Crippen LogP contribution in [0.15, 0.2) is 61.2 Å². The van der Waals surface area contributed by atoms with Gasteiger partial charge < -0.3 is 19.1 Å². The zero-order valence-electron chi connectivity index (χ0n) is 14.9. The third kappa shape index (κ3) is 4.17. The van der Waals surface area contributed by atoms with Crippen molar-refractivity contribution in [3.05, 3.63) is 66.7 Å². The smallest absolute Gasteiger partial charge is 0.253 e. The van der Waals surface area contributed by atoms with E-state index >= 15 is 0 Å². The molecule has 1 aliphatic rings. The van der Waals surface area contributed by atoms with Gasteiger partial charge in [0.1, 0.15) is 19.0 Å². The summed E-state index contributed by atoms with van der Waals surface area (Å²) in [7, 11) is 0. The van der Waals surface area contributed by atoms with Gasteiger partial charge in [-0.15, -0.1) is 0 Å². The minimum absolute atomic E-state index is 0.0368. The van der Waals surface area contributed by atoms with Gasteiger partial charge in [-0.25, -0.2) is 0 Å². The van der Waals surface area contributed by atoms with E-state index in [0.717, 1.165) is 11.5 Å². The molecule has 0 aliphatic carbocycles. The lowest BCUT2D eigenvalue weighted by atomic mass is 10.1. The van der Waals surface area contributed by atoms with E-state index < -0.39 is 0 Å². The highest BCUT2D eigenvalue weighted by Crippen LogP contribution is 2.31. The monoisotopic (exact) mass is 353 g/mol. The molecule has 0 spiro atoms. The maximum Gasteiger partial charge on any atom is 0.253 e. The topological polar surface area (TPSA) is 48.0 Å². The first kappa shape index (κ1) is 17.9. The molecule has 0 aromatic heterocycles. The van der Waals surface area contributed by atoms with Crippen LogP contribution in [0.1, 0.15) is 17.3 Å². The summed E-state index contributed by atoms with van der Waals surface area (Å²) in [6.07, 6.45) is 1.49. The lowest BCUT2D eigenvalue weighted by molar-refractivity contribution is 0.0475. The molecule has 0 radical (unpaired) electrons. The summed E-state index contributed by atoms with van der Waals surface area (Å²) in [4.78, 5) is 14.6. The Bertz CT molecular complexity index is 757. The number of likely N-dealkylation sites (N-methyl/N-ethyl adjacent to an activating group) is 1. The molecule has 0 N–H and O–H groups in total. The van der Waals surface area contributed by atoms with Crippen LogP contribution in [0.25, 0.3) is 0 Å². The van der Waals surface area contributed by atoms with Crippen LogP contribution >= 0.6 is 0 Å². The van der Waals surface area contributed by atoms with E-state index in [-0.39, 0.29) is 12.0 Å². The van der Waals surface area contributed by atoms with Gasteiger partial charge in [-0.2, -0.15) is 0 Å². The van der Waals surface area contributed by atoms with Crippen molar-refractivity contribution in [3.8, 4) is 17.2 Å². The second-order valence-corrected chi connectivity index (χ2v) is 5.97. The molecule has 1 unspecified atom stereocenters. The van der Waals surface area contributed by atoms with Crippen LogP contribution in [-0.4, -0.2) is 43.2 Å². The van der Waals surface area contributed by atoms with E-state index in [1.165, 1.54) is 0 Å². The van der Waals surface area contributed by atoms with Crippen molar-refractivity contribution in [2.24, 2.45) is 0 Å². The van der Waals surface area contributed by atoms with Gasteiger partial charge in [-0.3, -0.25) is 4.79 Å². The molecule has 5 heteroatoms. The fourth-order valence-corrected chi connectivity index (χ4v) is 2.79. The van der Waals surface area contributed by atoms with E-state index in [1.54, 1.807) is 35.2 Å². The zero-order chi connectivity index (χ0) is 18.4. The highest BCUT2D eigenvalue weighted by Gasteiger charge is 2.25. The Hall–Kier alpha value is -2.95. The minimum Gasteiger partial charge on any atom is -0.490 e. The summed E-state index contributed by atoms with van der Waals surface area (Å²) < 4.78 is 17.1. The Labute approximate surface area is 153 Å².